The van der Waals surface area contributed by atoms with Crippen molar-refractivity contribution in [1.29, 1.82) is 0 Å². The molecule has 9 nitrogen and oxygen atoms in total. The lowest BCUT2D eigenvalue weighted by molar-refractivity contribution is -0.121. The van der Waals surface area contributed by atoms with E-state index < -0.39 is 10.0 Å². The van der Waals surface area contributed by atoms with Crippen LogP contribution in [0, 0.1) is 0 Å². The standard InChI is InChI=1S/C17H25N5O4S/c1-26-12-4-8-18-17(23)7-11-22-16-6-5-14(13-15(16)19-20-22)27(24,25)21-9-2-3-10-21/h5-6,13H,2-4,7-12H2,1H3,(H,18,23). The molecule has 0 radical (unpaired) electrons. The number of hydrogen-bond acceptors (Lipinski definition) is 6. The molecule has 1 aliphatic rings. The van der Waals surface area contributed by atoms with Crippen molar-refractivity contribution in [2.45, 2.75) is 37.1 Å². The highest BCUT2D eigenvalue weighted by molar-refractivity contribution is 7.89. The first-order valence-electron chi connectivity index (χ1n) is 9.11. The molecular formula is C17H25N5O4S. The number of rotatable bonds is 9. The second-order valence-corrected chi connectivity index (χ2v) is 8.46. The lowest BCUT2D eigenvalue weighted by Crippen LogP contribution is -2.27. The van der Waals surface area contributed by atoms with Crippen LogP contribution in [0.5, 0.6) is 0 Å². The zero-order valence-corrected chi connectivity index (χ0v) is 16.2. The molecule has 1 fully saturated rings. The molecule has 0 spiro atoms. The molecule has 0 aliphatic carbocycles. The number of hydrogen-bond donors (Lipinski definition) is 1. The van der Waals surface area contributed by atoms with Crippen LogP contribution in [0.3, 0.4) is 0 Å². The van der Waals surface area contributed by atoms with E-state index in [2.05, 4.69) is 15.6 Å². The molecule has 0 atom stereocenters. The number of nitrogens with one attached hydrogen (secondary N) is 1. The van der Waals surface area contributed by atoms with E-state index in [0.717, 1.165) is 19.3 Å². The van der Waals surface area contributed by atoms with Gasteiger partial charge in [0.1, 0.15) is 5.52 Å². The number of carbonyl (C=O) groups is 1. The summed E-state index contributed by atoms with van der Waals surface area (Å²) in [5.41, 5.74) is 1.22. The van der Waals surface area contributed by atoms with E-state index in [1.807, 2.05) is 0 Å². The van der Waals surface area contributed by atoms with Gasteiger partial charge in [-0.2, -0.15) is 4.31 Å². The lowest BCUT2D eigenvalue weighted by atomic mass is 10.3. The number of benzene rings is 1. The Morgan fingerprint density at radius 2 is 2.07 bits per heavy atom. The van der Waals surface area contributed by atoms with Gasteiger partial charge in [0.05, 0.1) is 17.0 Å². The van der Waals surface area contributed by atoms with Crippen LogP contribution in [0.15, 0.2) is 23.1 Å². The number of sulfonamides is 1. The Hall–Kier alpha value is -2.04. The van der Waals surface area contributed by atoms with Gasteiger partial charge in [0, 0.05) is 39.8 Å². The molecule has 2 heterocycles. The zero-order chi connectivity index (χ0) is 19.3. The van der Waals surface area contributed by atoms with Crippen molar-refractivity contribution in [3.8, 4) is 0 Å². The summed E-state index contributed by atoms with van der Waals surface area (Å²) >= 11 is 0. The predicted molar refractivity (Wildman–Crippen MR) is 99.6 cm³/mol. The number of nitrogens with zero attached hydrogens (tertiary/aromatic N) is 4. The minimum Gasteiger partial charge on any atom is -0.385 e. The Morgan fingerprint density at radius 1 is 1.30 bits per heavy atom. The first kappa shape index (κ1) is 19.7. The molecule has 1 N–H and O–H groups in total. The molecule has 2 aromatic rings. The summed E-state index contributed by atoms with van der Waals surface area (Å²) in [4.78, 5) is 12.1. The highest BCUT2D eigenvalue weighted by Gasteiger charge is 2.27. The van der Waals surface area contributed by atoms with Crippen molar-refractivity contribution in [2.24, 2.45) is 0 Å². The van der Waals surface area contributed by atoms with E-state index in [4.69, 9.17) is 4.74 Å². The van der Waals surface area contributed by atoms with Crippen LogP contribution in [0.2, 0.25) is 0 Å². The number of amides is 1. The summed E-state index contributed by atoms with van der Waals surface area (Å²) in [5.74, 6) is -0.0667. The van der Waals surface area contributed by atoms with E-state index in [1.165, 1.54) is 4.31 Å². The molecule has 1 aliphatic heterocycles. The van der Waals surface area contributed by atoms with Crippen molar-refractivity contribution in [2.75, 3.05) is 33.4 Å². The summed E-state index contributed by atoms with van der Waals surface area (Å²) < 4.78 is 33.4. The third-order valence-corrected chi connectivity index (χ3v) is 6.48. The van der Waals surface area contributed by atoms with E-state index in [-0.39, 0.29) is 17.2 Å². The minimum atomic E-state index is -3.48. The largest absolute Gasteiger partial charge is 0.385 e. The molecule has 1 aromatic carbocycles. The molecule has 0 unspecified atom stereocenters. The number of ether oxygens (including phenoxy) is 1. The molecule has 1 saturated heterocycles. The Bertz CT molecular complexity index is 890. The average molecular weight is 395 g/mol. The summed E-state index contributed by atoms with van der Waals surface area (Å²) in [7, 11) is -1.86. The normalized spacial score (nSPS) is 15.4. The van der Waals surface area contributed by atoms with E-state index >= 15 is 0 Å². The smallest absolute Gasteiger partial charge is 0.243 e. The van der Waals surface area contributed by atoms with Gasteiger partial charge < -0.3 is 10.1 Å². The third kappa shape index (κ3) is 4.63. The monoisotopic (exact) mass is 395 g/mol. The topological polar surface area (TPSA) is 106 Å². The second-order valence-electron chi connectivity index (χ2n) is 6.52. The van der Waals surface area contributed by atoms with Crippen molar-refractivity contribution in [3.05, 3.63) is 18.2 Å². The highest BCUT2D eigenvalue weighted by Crippen LogP contribution is 2.23. The zero-order valence-electron chi connectivity index (χ0n) is 15.4. The van der Waals surface area contributed by atoms with Crippen LogP contribution >= 0.6 is 0 Å². The van der Waals surface area contributed by atoms with E-state index in [9.17, 15) is 13.2 Å². The lowest BCUT2D eigenvalue weighted by Gasteiger charge is -2.15. The number of aryl methyl sites for hydroxylation is 1. The van der Waals surface area contributed by atoms with Crippen LogP contribution < -0.4 is 5.32 Å². The number of fused-ring (bicyclic) bond motifs is 1. The molecule has 3 rings (SSSR count). The van der Waals surface area contributed by atoms with E-state index in [1.54, 1.807) is 30.0 Å². The fourth-order valence-corrected chi connectivity index (χ4v) is 4.63. The summed E-state index contributed by atoms with van der Waals surface area (Å²) in [6, 6.07) is 4.84. The Kier molecular flexibility index (Phi) is 6.40. The predicted octanol–water partition coefficient (Wildman–Crippen LogP) is 0.759. The molecule has 1 aromatic heterocycles. The minimum absolute atomic E-state index is 0.0667. The quantitative estimate of drug-likeness (QED) is 0.628. The van der Waals surface area contributed by atoms with Crippen LogP contribution in [0.1, 0.15) is 25.7 Å². The maximum absolute atomic E-state index is 12.7. The molecule has 1 amide bonds. The SMILES string of the molecule is COCCCNC(=O)CCn1nnc2cc(S(=O)(=O)N3CCCC3)ccc21. The van der Waals surface area contributed by atoms with Crippen molar-refractivity contribution in [1.82, 2.24) is 24.6 Å². The van der Waals surface area contributed by atoms with Gasteiger partial charge in [-0.05, 0) is 37.5 Å². The number of carbonyl (C=O) groups excluding carboxylic acids is 1. The van der Waals surface area contributed by atoms with Gasteiger partial charge in [-0.15, -0.1) is 5.10 Å². The third-order valence-electron chi connectivity index (χ3n) is 4.59. The van der Waals surface area contributed by atoms with Gasteiger partial charge in [-0.3, -0.25) is 4.79 Å². The van der Waals surface area contributed by atoms with Gasteiger partial charge in [0.2, 0.25) is 15.9 Å². The first-order chi connectivity index (χ1) is 13.0. The van der Waals surface area contributed by atoms with Gasteiger partial charge in [-0.1, -0.05) is 5.21 Å². The van der Waals surface area contributed by atoms with E-state index in [0.29, 0.717) is 43.8 Å². The van der Waals surface area contributed by atoms with Gasteiger partial charge in [0.25, 0.3) is 0 Å². The van der Waals surface area contributed by atoms with Crippen LogP contribution in [-0.4, -0.2) is 67.0 Å². The van der Waals surface area contributed by atoms with Gasteiger partial charge in [-0.25, -0.2) is 13.1 Å². The van der Waals surface area contributed by atoms with Crippen molar-refractivity contribution in [3.63, 3.8) is 0 Å². The summed E-state index contributed by atoms with van der Waals surface area (Å²) in [5, 5.41) is 10.9. The van der Waals surface area contributed by atoms with Gasteiger partial charge >= 0.3 is 0 Å². The number of aromatic nitrogens is 3. The molecule has 0 bridgehead atoms. The van der Waals surface area contributed by atoms with Crippen molar-refractivity contribution >= 4 is 27.0 Å². The fraction of sp³-hybridized carbons (Fsp3) is 0.588. The Balaban J connectivity index is 1.64. The average Bonchev–Trinajstić information content (AvgIpc) is 3.33. The highest BCUT2D eigenvalue weighted by atomic mass is 32.2. The van der Waals surface area contributed by atoms with Crippen molar-refractivity contribution < 1.29 is 17.9 Å². The maximum Gasteiger partial charge on any atom is 0.243 e. The number of methoxy groups -OCH3 is 1. The van der Waals surface area contributed by atoms with Crippen LogP contribution in [0.4, 0.5) is 0 Å². The second kappa shape index (κ2) is 8.77. The Labute approximate surface area is 158 Å². The summed E-state index contributed by atoms with van der Waals surface area (Å²) in [6.07, 6.45) is 2.83. The molecule has 10 heteroatoms. The molecular weight excluding hydrogens is 370 g/mol. The first-order valence-corrected chi connectivity index (χ1v) is 10.6. The maximum atomic E-state index is 12.7. The van der Waals surface area contributed by atoms with Crippen LogP contribution in [0.25, 0.3) is 11.0 Å². The molecule has 0 saturated carbocycles. The van der Waals surface area contributed by atoms with Crippen LogP contribution in [-0.2, 0) is 26.1 Å². The molecule has 27 heavy (non-hydrogen) atoms. The molecule has 148 valence electrons. The summed E-state index contributed by atoms with van der Waals surface area (Å²) in [6.45, 7) is 2.68. The Morgan fingerprint density at radius 3 is 2.81 bits per heavy atom. The van der Waals surface area contributed by atoms with Gasteiger partial charge in [0.15, 0.2) is 0 Å². The fourth-order valence-electron chi connectivity index (χ4n) is 3.10.